The maximum absolute atomic E-state index is 13.3. The Morgan fingerprint density at radius 2 is 1.74 bits per heavy atom. The predicted octanol–water partition coefficient (Wildman–Crippen LogP) is 3.69. The molecule has 0 bridgehead atoms. The largest absolute Gasteiger partial charge is 0.493 e. The Labute approximate surface area is 136 Å². The van der Waals surface area contributed by atoms with Crippen molar-refractivity contribution in [3.8, 4) is 22.9 Å². The maximum atomic E-state index is 13.3. The van der Waals surface area contributed by atoms with Crippen LogP contribution in [0.15, 0.2) is 30.3 Å². The van der Waals surface area contributed by atoms with Gasteiger partial charge in [-0.1, -0.05) is 11.6 Å². The quantitative estimate of drug-likeness (QED) is 0.791. The number of nitrogens with two attached hydrogens (primary N) is 1. The lowest BCUT2D eigenvalue weighted by molar-refractivity contribution is 0.356. The van der Waals surface area contributed by atoms with E-state index in [1.807, 2.05) is 0 Å². The minimum atomic E-state index is -0.504. The van der Waals surface area contributed by atoms with E-state index in [1.165, 1.54) is 26.4 Å². The summed E-state index contributed by atoms with van der Waals surface area (Å²) in [7, 11) is 3.07. The number of nitrogens with zero attached hydrogens (tertiary/aromatic N) is 2. The van der Waals surface area contributed by atoms with Crippen LogP contribution in [-0.2, 0) is 0 Å². The second-order valence-corrected chi connectivity index (χ2v) is 5.19. The van der Waals surface area contributed by atoms with Crippen molar-refractivity contribution in [3.63, 3.8) is 0 Å². The van der Waals surface area contributed by atoms with Gasteiger partial charge in [-0.3, -0.25) is 0 Å². The zero-order valence-corrected chi connectivity index (χ0v) is 13.2. The predicted molar refractivity (Wildman–Crippen MR) is 87.5 cm³/mol. The first-order valence-electron chi connectivity index (χ1n) is 6.68. The van der Waals surface area contributed by atoms with E-state index in [0.717, 1.165) is 0 Å². The molecular formula is C16H13ClFN3O2. The summed E-state index contributed by atoms with van der Waals surface area (Å²) < 4.78 is 23.8. The van der Waals surface area contributed by atoms with Crippen LogP contribution in [0.1, 0.15) is 0 Å². The molecule has 2 aromatic carbocycles. The van der Waals surface area contributed by atoms with Gasteiger partial charge >= 0.3 is 0 Å². The van der Waals surface area contributed by atoms with Crippen LogP contribution in [0.2, 0.25) is 5.02 Å². The summed E-state index contributed by atoms with van der Waals surface area (Å²) in [6.45, 7) is 0. The molecule has 3 aromatic rings. The molecule has 0 atom stereocenters. The third-order valence-electron chi connectivity index (χ3n) is 3.41. The van der Waals surface area contributed by atoms with Crippen molar-refractivity contribution in [2.45, 2.75) is 0 Å². The highest BCUT2D eigenvalue weighted by Crippen LogP contribution is 2.34. The lowest BCUT2D eigenvalue weighted by Crippen LogP contribution is -1.99. The summed E-state index contributed by atoms with van der Waals surface area (Å²) in [6, 6.07) is 7.68. The molecule has 0 fully saturated rings. The Kier molecular flexibility index (Phi) is 3.92. The molecule has 0 aliphatic rings. The number of hydrogen-bond acceptors (Lipinski definition) is 5. The Hall–Kier alpha value is -2.60. The molecule has 0 saturated heterocycles. The van der Waals surface area contributed by atoms with Gasteiger partial charge < -0.3 is 15.2 Å². The van der Waals surface area contributed by atoms with Gasteiger partial charge in [0.05, 0.1) is 24.8 Å². The fourth-order valence-electron chi connectivity index (χ4n) is 2.24. The number of rotatable bonds is 3. The molecule has 0 radical (unpaired) electrons. The Bertz CT molecular complexity index is 902. The van der Waals surface area contributed by atoms with Crippen LogP contribution in [0.3, 0.4) is 0 Å². The molecular weight excluding hydrogens is 321 g/mol. The van der Waals surface area contributed by atoms with Gasteiger partial charge in [-0.05, 0) is 24.3 Å². The standard InChI is InChI=1S/C16H13ClFN3O2/c1-22-13-6-9-12(7-14(13)23-2)20-16(21-15(9)19)8-3-4-11(18)10(17)5-8/h3-7H,1-2H3,(H2,19,20,21). The topological polar surface area (TPSA) is 70.3 Å². The van der Waals surface area contributed by atoms with Gasteiger partial charge in [-0.2, -0.15) is 0 Å². The summed E-state index contributed by atoms with van der Waals surface area (Å²) in [5.74, 6) is 1.19. The van der Waals surface area contributed by atoms with Crippen molar-refractivity contribution in [1.29, 1.82) is 0 Å². The van der Waals surface area contributed by atoms with Crippen LogP contribution in [-0.4, -0.2) is 24.2 Å². The molecule has 0 amide bonds. The molecule has 7 heteroatoms. The number of benzene rings is 2. The highest BCUT2D eigenvalue weighted by Gasteiger charge is 2.13. The highest BCUT2D eigenvalue weighted by molar-refractivity contribution is 6.31. The summed E-state index contributed by atoms with van der Waals surface area (Å²) in [6.07, 6.45) is 0. The zero-order valence-electron chi connectivity index (χ0n) is 12.4. The van der Waals surface area contributed by atoms with Crippen molar-refractivity contribution in [1.82, 2.24) is 9.97 Å². The van der Waals surface area contributed by atoms with E-state index in [9.17, 15) is 4.39 Å². The highest BCUT2D eigenvalue weighted by atomic mass is 35.5. The van der Waals surface area contributed by atoms with Crippen LogP contribution in [0, 0.1) is 5.82 Å². The van der Waals surface area contributed by atoms with Gasteiger partial charge in [0.15, 0.2) is 17.3 Å². The summed E-state index contributed by atoms with van der Waals surface area (Å²) in [4.78, 5) is 8.72. The summed E-state index contributed by atoms with van der Waals surface area (Å²) >= 11 is 5.81. The maximum Gasteiger partial charge on any atom is 0.162 e. The zero-order chi connectivity index (χ0) is 16.6. The average molecular weight is 334 g/mol. The lowest BCUT2D eigenvalue weighted by Gasteiger charge is -2.11. The molecule has 1 heterocycles. The number of anilines is 1. The molecule has 118 valence electrons. The second kappa shape index (κ2) is 5.89. The monoisotopic (exact) mass is 333 g/mol. The van der Waals surface area contributed by atoms with E-state index >= 15 is 0 Å². The number of aromatic nitrogens is 2. The molecule has 0 saturated carbocycles. The molecule has 5 nitrogen and oxygen atoms in total. The molecule has 1 aromatic heterocycles. The van der Waals surface area contributed by atoms with Crippen LogP contribution in [0.4, 0.5) is 10.2 Å². The lowest BCUT2D eigenvalue weighted by atomic mass is 10.1. The number of hydrogen-bond donors (Lipinski definition) is 1. The van der Waals surface area contributed by atoms with Gasteiger partial charge in [-0.25, -0.2) is 14.4 Å². The number of halogens is 2. The molecule has 0 aliphatic carbocycles. The third-order valence-corrected chi connectivity index (χ3v) is 3.70. The van der Waals surface area contributed by atoms with Gasteiger partial charge in [0.1, 0.15) is 11.6 Å². The fourth-order valence-corrected chi connectivity index (χ4v) is 2.42. The number of fused-ring (bicyclic) bond motifs is 1. The fraction of sp³-hybridized carbons (Fsp3) is 0.125. The van der Waals surface area contributed by atoms with Crippen LogP contribution in [0.5, 0.6) is 11.5 Å². The van der Waals surface area contributed by atoms with E-state index in [0.29, 0.717) is 33.8 Å². The van der Waals surface area contributed by atoms with Gasteiger partial charge in [0, 0.05) is 17.0 Å². The molecule has 0 unspecified atom stereocenters. The summed E-state index contributed by atoms with van der Waals surface area (Å²) in [5.41, 5.74) is 7.18. The smallest absolute Gasteiger partial charge is 0.162 e. The van der Waals surface area contributed by atoms with E-state index in [1.54, 1.807) is 18.2 Å². The van der Waals surface area contributed by atoms with Crippen molar-refractivity contribution in [2.75, 3.05) is 20.0 Å². The average Bonchev–Trinajstić information content (AvgIpc) is 2.56. The Morgan fingerprint density at radius 1 is 1.04 bits per heavy atom. The molecule has 0 aliphatic heterocycles. The third kappa shape index (κ3) is 2.73. The van der Waals surface area contributed by atoms with Crippen molar-refractivity contribution >= 4 is 28.3 Å². The van der Waals surface area contributed by atoms with Crippen molar-refractivity contribution in [2.24, 2.45) is 0 Å². The number of nitrogen functional groups attached to an aromatic ring is 1. The Balaban J connectivity index is 2.22. The van der Waals surface area contributed by atoms with E-state index < -0.39 is 5.82 Å². The minimum Gasteiger partial charge on any atom is -0.493 e. The first kappa shape index (κ1) is 15.3. The molecule has 2 N–H and O–H groups in total. The van der Waals surface area contributed by atoms with E-state index in [-0.39, 0.29) is 10.8 Å². The number of ether oxygens (including phenoxy) is 2. The van der Waals surface area contributed by atoms with Gasteiger partial charge in [0.25, 0.3) is 0 Å². The normalized spacial score (nSPS) is 10.8. The Morgan fingerprint density at radius 3 is 2.39 bits per heavy atom. The second-order valence-electron chi connectivity index (χ2n) is 4.79. The van der Waals surface area contributed by atoms with Crippen LogP contribution >= 0.6 is 11.6 Å². The molecule has 23 heavy (non-hydrogen) atoms. The first-order valence-corrected chi connectivity index (χ1v) is 7.06. The SMILES string of the molecule is COc1cc2nc(-c3ccc(F)c(Cl)c3)nc(N)c2cc1OC. The first-order chi connectivity index (χ1) is 11.0. The van der Waals surface area contributed by atoms with Gasteiger partial charge in [-0.15, -0.1) is 0 Å². The summed E-state index contributed by atoms with van der Waals surface area (Å²) in [5, 5.41) is 0.636. The van der Waals surface area contributed by atoms with Crippen LogP contribution in [0.25, 0.3) is 22.3 Å². The van der Waals surface area contributed by atoms with Gasteiger partial charge in [0.2, 0.25) is 0 Å². The molecule has 3 rings (SSSR count). The van der Waals surface area contributed by atoms with Crippen molar-refractivity contribution in [3.05, 3.63) is 41.2 Å². The minimum absolute atomic E-state index is 0.00270. The van der Waals surface area contributed by atoms with E-state index in [4.69, 9.17) is 26.8 Å². The van der Waals surface area contributed by atoms with E-state index in [2.05, 4.69) is 9.97 Å². The van der Waals surface area contributed by atoms with Crippen LogP contribution < -0.4 is 15.2 Å². The molecule has 0 spiro atoms. The van der Waals surface area contributed by atoms with Crippen molar-refractivity contribution < 1.29 is 13.9 Å². The number of methoxy groups -OCH3 is 2.